The van der Waals surface area contributed by atoms with E-state index in [0.717, 1.165) is 58.6 Å². The van der Waals surface area contributed by atoms with E-state index in [9.17, 15) is 4.79 Å². The van der Waals surface area contributed by atoms with E-state index >= 15 is 0 Å². The van der Waals surface area contributed by atoms with Gasteiger partial charge >= 0.3 is 0 Å². The Labute approximate surface area is 229 Å². The molecular weight excluding hydrogens is 484 g/mol. The summed E-state index contributed by atoms with van der Waals surface area (Å²) in [4.78, 5) is 15.1. The van der Waals surface area contributed by atoms with Crippen LogP contribution < -0.4 is 5.32 Å². The van der Waals surface area contributed by atoms with Gasteiger partial charge in [0.1, 0.15) is 0 Å². The average molecular weight is 519 g/mol. The molecule has 2 fully saturated rings. The Balaban J connectivity index is 1.15. The molecule has 1 aromatic heterocycles. The molecule has 0 aliphatic carbocycles. The lowest BCUT2D eigenvalue weighted by atomic mass is 9.92. The summed E-state index contributed by atoms with van der Waals surface area (Å²) >= 11 is 0. The zero-order chi connectivity index (χ0) is 26.6. The maximum atomic E-state index is 12.6. The quantitative estimate of drug-likeness (QED) is 0.296. The number of hydrogen-bond donors (Lipinski definition) is 2. The van der Waals surface area contributed by atoms with E-state index < -0.39 is 0 Å². The minimum Gasteiger partial charge on any atom is -0.383 e. The molecule has 6 rings (SSSR count). The van der Waals surface area contributed by atoms with Crippen molar-refractivity contribution in [1.29, 1.82) is 0 Å². The van der Waals surface area contributed by atoms with Crippen LogP contribution in [-0.2, 0) is 16.1 Å². The first-order valence-corrected chi connectivity index (χ1v) is 13.7. The zero-order valence-corrected chi connectivity index (χ0v) is 22.3. The van der Waals surface area contributed by atoms with Crippen molar-refractivity contribution in [3.05, 3.63) is 106 Å². The monoisotopic (exact) mass is 518 g/mol. The molecule has 2 N–H and O–H groups in total. The van der Waals surface area contributed by atoms with Crippen molar-refractivity contribution in [2.45, 2.75) is 31.3 Å². The largest absolute Gasteiger partial charge is 0.383 e. The highest BCUT2D eigenvalue weighted by Gasteiger charge is 2.29. The van der Waals surface area contributed by atoms with Gasteiger partial charge in [-0.3, -0.25) is 14.8 Å². The van der Waals surface area contributed by atoms with Crippen LogP contribution >= 0.6 is 0 Å². The average Bonchev–Trinajstić information content (AvgIpc) is 3.68. The van der Waals surface area contributed by atoms with E-state index in [1.54, 1.807) is 7.11 Å². The Morgan fingerprint density at radius 1 is 1.03 bits per heavy atom. The minimum atomic E-state index is -0.00146. The van der Waals surface area contributed by atoms with E-state index in [0.29, 0.717) is 12.6 Å². The van der Waals surface area contributed by atoms with Gasteiger partial charge in [-0.25, -0.2) is 0 Å². The van der Waals surface area contributed by atoms with Gasteiger partial charge in [0.15, 0.2) is 0 Å². The molecule has 2 aliphatic rings. The molecule has 6 heteroatoms. The normalized spacial score (nSPS) is 20.9. The first-order valence-electron chi connectivity index (χ1n) is 13.7. The third-order valence-electron chi connectivity index (χ3n) is 7.90. The molecule has 0 spiro atoms. The molecular formula is C33H34N4O2. The number of aromatic nitrogens is 2. The van der Waals surface area contributed by atoms with Gasteiger partial charge in [-0.05, 0) is 65.9 Å². The summed E-state index contributed by atoms with van der Waals surface area (Å²) in [6, 6.07) is 25.7. The van der Waals surface area contributed by atoms with Gasteiger partial charge < -0.3 is 10.1 Å². The number of amides is 1. The Morgan fingerprint density at radius 3 is 2.67 bits per heavy atom. The van der Waals surface area contributed by atoms with Gasteiger partial charge in [-0.15, -0.1) is 0 Å². The minimum absolute atomic E-state index is 0.00146. The summed E-state index contributed by atoms with van der Waals surface area (Å²) in [6.45, 7) is 3.54. The second-order valence-electron chi connectivity index (χ2n) is 10.5. The summed E-state index contributed by atoms with van der Waals surface area (Å²) in [5, 5.41) is 11.8. The maximum Gasteiger partial charge on any atom is 0.247 e. The predicted octanol–water partition coefficient (Wildman–Crippen LogP) is 5.64. The first-order chi connectivity index (χ1) is 19.2. The Bertz CT molecular complexity index is 1500. The Morgan fingerprint density at radius 2 is 1.85 bits per heavy atom. The molecule has 3 aromatic carbocycles. The van der Waals surface area contributed by atoms with E-state index in [1.807, 2.05) is 24.3 Å². The van der Waals surface area contributed by atoms with Gasteiger partial charge in [-0.2, -0.15) is 5.10 Å². The number of carbonyl (C=O) groups excluding carboxylic acids is 1. The van der Waals surface area contributed by atoms with Gasteiger partial charge in [-0.1, -0.05) is 66.7 Å². The van der Waals surface area contributed by atoms with Crippen LogP contribution in [0.1, 0.15) is 46.7 Å². The number of methoxy groups -OCH3 is 1. The van der Waals surface area contributed by atoms with Crippen LogP contribution in [0.5, 0.6) is 0 Å². The highest BCUT2D eigenvalue weighted by molar-refractivity contribution is 6.02. The summed E-state index contributed by atoms with van der Waals surface area (Å²) in [5.41, 5.74) is 7.24. The molecule has 1 amide bonds. The molecule has 39 heavy (non-hydrogen) atoms. The Kier molecular flexibility index (Phi) is 7.39. The second kappa shape index (κ2) is 11.4. The fraction of sp³-hybridized carbons (Fsp3) is 0.273. The second-order valence-corrected chi connectivity index (χ2v) is 10.5. The standard InChI is InChI=1S/C33H34N4O2/c1-39-22-27-8-5-17-37(27)21-24-11-9-23(10-12-24)14-16-31-28-15-13-25(19-32(28)36-35-31)18-29-30(20-34-33(29)38)26-6-3-2-4-7-26/h2-4,6-7,9-16,18-19,27,30H,5,8,17,20-22H2,1H3,(H,34,38)(H,35,36)/b16-14+,29-18+/t27-,30?/m1/s1. The van der Waals surface area contributed by atoms with Gasteiger partial charge in [0, 0.05) is 43.1 Å². The number of carbonyl (C=O) groups is 1. The van der Waals surface area contributed by atoms with Crippen molar-refractivity contribution >= 4 is 35.0 Å². The fourth-order valence-corrected chi connectivity index (χ4v) is 5.80. The number of nitrogens with zero attached hydrogens (tertiary/aromatic N) is 2. The summed E-state index contributed by atoms with van der Waals surface area (Å²) in [5.74, 6) is 0.0570. The zero-order valence-electron chi connectivity index (χ0n) is 22.3. The van der Waals surface area contributed by atoms with Crippen LogP contribution in [0.3, 0.4) is 0 Å². The van der Waals surface area contributed by atoms with E-state index in [-0.39, 0.29) is 11.8 Å². The van der Waals surface area contributed by atoms with Crippen LogP contribution in [0.15, 0.2) is 78.4 Å². The smallest absolute Gasteiger partial charge is 0.247 e. The molecule has 3 heterocycles. The molecule has 0 bridgehead atoms. The Hall–Kier alpha value is -4.00. The predicted molar refractivity (Wildman–Crippen MR) is 157 cm³/mol. The number of fused-ring (bicyclic) bond motifs is 1. The number of aromatic amines is 1. The number of benzene rings is 3. The van der Waals surface area contributed by atoms with Crippen molar-refractivity contribution in [2.75, 3.05) is 26.8 Å². The highest BCUT2D eigenvalue weighted by Crippen LogP contribution is 2.31. The number of ether oxygens (including phenoxy) is 1. The van der Waals surface area contributed by atoms with E-state index in [4.69, 9.17) is 4.74 Å². The number of H-pyrrole nitrogens is 1. The van der Waals surface area contributed by atoms with Crippen LogP contribution in [0, 0.1) is 0 Å². The molecule has 0 saturated carbocycles. The third kappa shape index (κ3) is 5.58. The highest BCUT2D eigenvalue weighted by atomic mass is 16.5. The van der Waals surface area contributed by atoms with Crippen molar-refractivity contribution in [2.24, 2.45) is 0 Å². The van der Waals surface area contributed by atoms with Gasteiger partial charge in [0.25, 0.3) is 0 Å². The van der Waals surface area contributed by atoms with Crippen molar-refractivity contribution in [3.8, 4) is 0 Å². The summed E-state index contributed by atoms with van der Waals surface area (Å²) in [7, 11) is 1.79. The van der Waals surface area contributed by atoms with E-state index in [2.05, 4.69) is 87.2 Å². The lowest BCUT2D eigenvalue weighted by Crippen LogP contribution is -2.32. The molecule has 2 atom stereocenters. The first kappa shape index (κ1) is 25.3. The maximum absolute atomic E-state index is 12.6. The molecule has 4 aromatic rings. The van der Waals surface area contributed by atoms with Crippen LogP contribution in [0.25, 0.3) is 29.1 Å². The SMILES string of the molecule is COC[C@H]1CCCN1Cc1ccc(/C=C/c2n[nH]c3cc(/C=C4/C(=O)NCC4c4ccccc4)ccc23)cc1. The number of hydrogen-bond acceptors (Lipinski definition) is 4. The number of rotatable bonds is 8. The molecule has 2 aliphatic heterocycles. The third-order valence-corrected chi connectivity index (χ3v) is 7.90. The lowest BCUT2D eigenvalue weighted by Gasteiger charge is -2.23. The van der Waals surface area contributed by atoms with Crippen molar-refractivity contribution < 1.29 is 9.53 Å². The molecule has 1 unspecified atom stereocenters. The number of likely N-dealkylation sites (tertiary alicyclic amines) is 1. The molecule has 6 nitrogen and oxygen atoms in total. The van der Waals surface area contributed by atoms with Crippen molar-refractivity contribution in [1.82, 2.24) is 20.4 Å². The van der Waals surface area contributed by atoms with Crippen LogP contribution in [0.4, 0.5) is 0 Å². The van der Waals surface area contributed by atoms with Gasteiger partial charge in [0.05, 0.1) is 17.8 Å². The van der Waals surface area contributed by atoms with Crippen LogP contribution in [-0.4, -0.2) is 53.9 Å². The fourth-order valence-electron chi connectivity index (χ4n) is 5.80. The van der Waals surface area contributed by atoms with Crippen LogP contribution in [0.2, 0.25) is 0 Å². The summed E-state index contributed by atoms with van der Waals surface area (Å²) in [6.07, 6.45) is 8.61. The molecule has 198 valence electrons. The topological polar surface area (TPSA) is 70.2 Å². The molecule has 2 saturated heterocycles. The van der Waals surface area contributed by atoms with Gasteiger partial charge in [0.2, 0.25) is 5.91 Å². The van der Waals surface area contributed by atoms with E-state index in [1.165, 1.54) is 18.4 Å². The lowest BCUT2D eigenvalue weighted by molar-refractivity contribution is -0.116. The number of nitrogens with one attached hydrogen (secondary N) is 2. The molecule has 0 radical (unpaired) electrons. The summed E-state index contributed by atoms with van der Waals surface area (Å²) < 4.78 is 5.39. The van der Waals surface area contributed by atoms with Crippen molar-refractivity contribution in [3.63, 3.8) is 0 Å².